The van der Waals surface area contributed by atoms with Gasteiger partial charge in [0.15, 0.2) is 0 Å². The summed E-state index contributed by atoms with van der Waals surface area (Å²) in [6, 6.07) is 8.50. The molecule has 1 fully saturated rings. The lowest BCUT2D eigenvalue weighted by Gasteiger charge is -2.40. The molecule has 0 radical (unpaired) electrons. The molecule has 2 heterocycles. The van der Waals surface area contributed by atoms with E-state index < -0.39 is 0 Å². The molecule has 18 heavy (non-hydrogen) atoms. The Morgan fingerprint density at radius 1 is 1.39 bits per heavy atom. The molecule has 4 nitrogen and oxygen atoms in total. The molecule has 3 N–H and O–H groups in total. The first-order valence-corrected chi connectivity index (χ1v) is 6.45. The second-order valence-electron chi connectivity index (χ2n) is 5.24. The van der Waals surface area contributed by atoms with E-state index in [0.29, 0.717) is 18.3 Å². The van der Waals surface area contributed by atoms with E-state index in [0.717, 1.165) is 25.3 Å². The monoisotopic (exact) mass is 246 g/mol. The number of nitrogens with one attached hydrogen (secondary N) is 1. The van der Waals surface area contributed by atoms with Crippen LogP contribution in [-0.4, -0.2) is 25.2 Å². The fourth-order valence-corrected chi connectivity index (χ4v) is 2.97. The smallest absolute Gasteiger partial charge is 0.219 e. The third-order valence-electron chi connectivity index (χ3n) is 3.94. The van der Waals surface area contributed by atoms with E-state index in [-0.39, 0.29) is 11.9 Å². The molecule has 1 aromatic rings. The van der Waals surface area contributed by atoms with Crippen LogP contribution < -0.4 is 11.1 Å². The molecule has 1 amide bonds. The summed E-state index contributed by atoms with van der Waals surface area (Å²) < 4.78 is 5.31. The highest BCUT2D eigenvalue weighted by molar-refractivity contribution is 5.75. The van der Waals surface area contributed by atoms with Crippen molar-refractivity contribution in [2.24, 2.45) is 11.7 Å². The number of hydrogen-bond acceptors (Lipinski definition) is 3. The van der Waals surface area contributed by atoms with Gasteiger partial charge in [0, 0.05) is 24.1 Å². The summed E-state index contributed by atoms with van der Waals surface area (Å²) in [7, 11) is 0. The molecule has 2 unspecified atom stereocenters. The first-order valence-electron chi connectivity index (χ1n) is 6.45. The molecular formula is C14H18N2O2. The topological polar surface area (TPSA) is 64.4 Å². The molecule has 2 aliphatic heterocycles. The van der Waals surface area contributed by atoms with Gasteiger partial charge in [-0.15, -0.1) is 0 Å². The van der Waals surface area contributed by atoms with Gasteiger partial charge in [0.1, 0.15) is 0 Å². The van der Waals surface area contributed by atoms with Crippen molar-refractivity contribution in [3.63, 3.8) is 0 Å². The van der Waals surface area contributed by atoms with Crippen molar-refractivity contribution >= 4 is 11.6 Å². The van der Waals surface area contributed by atoms with Crippen LogP contribution in [0.5, 0.6) is 0 Å². The van der Waals surface area contributed by atoms with Crippen molar-refractivity contribution in [1.29, 1.82) is 0 Å². The maximum atomic E-state index is 11.1. The van der Waals surface area contributed by atoms with Crippen LogP contribution in [0.15, 0.2) is 24.3 Å². The Morgan fingerprint density at radius 2 is 2.17 bits per heavy atom. The summed E-state index contributed by atoms with van der Waals surface area (Å²) in [6.45, 7) is 1.67. The molecule has 2 aliphatic rings. The number of primary amides is 1. The summed E-state index contributed by atoms with van der Waals surface area (Å²) in [4.78, 5) is 11.1. The second-order valence-corrected chi connectivity index (χ2v) is 5.24. The largest absolute Gasteiger partial charge is 0.382 e. The van der Waals surface area contributed by atoms with Crippen molar-refractivity contribution in [2.45, 2.75) is 24.8 Å². The lowest BCUT2D eigenvalue weighted by Crippen LogP contribution is -2.40. The molecule has 0 aliphatic carbocycles. The van der Waals surface area contributed by atoms with Gasteiger partial charge in [-0.2, -0.15) is 0 Å². The van der Waals surface area contributed by atoms with Crippen LogP contribution in [0.25, 0.3) is 0 Å². The van der Waals surface area contributed by atoms with E-state index in [4.69, 9.17) is 10.5 Å². The molecule has 3 rings (SSSR count). The highest BCUT2D eigenvalue weighted by atomic mass is 16.5. The van der Waals surface area contributed by atoms with Crippen LogP contribution in [0.3, 0.4) is 0 Å². The number of ether oxygens (including phenoxy) is 1. The Labute approximate surface area is 107 Å². The van der Waals surface area contributed by atoms with E-state index in [1.54, 1.807) is 0 Å². The van der Waals surface area contributed by atoms with Crippen LogP contribution in [0, 0.1) is 5.92 Å². The number of carbonyl (C=O) groups is 1. The van der Waals surface area contributed by atoms with Gasteiger partial charge in [0.2, 0.25) is 5.91 Å². The zero-order valence-corrected chi connectivity index (χ0v) is 10.3. The highest BCUT2D eigenvalue weighted by Crippen LogP contribution is 2.41. The zero-order chi connectivity index (χ0) is 12.5. The molecule has 2 atom stereocenters. The lowest BCUT2D eigenvalue weighted by molar-refractivity contribution is -0.118. The quantitative estimate of drug-likeness (QED) is 0.849. The molecule has 1 saturated heterocycles. The van der Waals surface area contributed by atoms with E-state index in [9.17, 15) is 4.79 Å². The third-order valence-corrected chi connectivity index (χ3v) is 3.94. The summed E-state index contributed by atoms with van der Waals surface area (Å²) in [6.07, 6.45) is 1.37. The number of para-hydroxylation sites is 1. The molecule has 0 saturated carbocycles. The molecule has 1 aromatic carbocycles. The predicted octanol–water partition coefficient (Wildman–Crippen LogP) is 1.48. The second kappa shape index (κ2) is 4.61. The summed E-state index contributed by atoms with van der Waals surface area (Å²) in [5, 5.41) is 3.42. The zero-order valence-electron chi connectivity index (χ0n) is 10.3. The van der Waals surface area contributed by atoms with Crippen LogP contribution in [0.2, 0.25) is 0 Å². The van der Waals surface area contributed by atoms with Crippen molar-refractivity contribution in [2.75, 3.05) is 18.5 Å². The van der Waals surface area contributed by atoms with Crippen molar-refractivity contribution < 1.29 is 9.53 Å². The molecular weight excluding hydrogens is 228 g/mol. The van der Waals surface area contributed by atoms with Gasteiger partial charge >= 0.3 is 0 Å². The molecule has 0 bridgehead atoms. The van der Waals surface area contributed by atoms with Crippen LogP contribution in [-0.2, 0) is 9.53 Å². The highest BCUT2D eigenvalue weighted by Gasteiger charge is 2.35. The Morgan fingerprint density at radius 3 is 2.83 bits per heavy atom. The van der Waals surface area contributed by atoms with Crippen molar-refractivity contribution in [3.05, 3.63) is 29.8 Å². The molecule has 96 valence electrons. The fourth-order valence-electron chi connectivity index (χ4n) is 2.97. The average Bonchev–Trinajstić information content (AvgIpc) is 2.25. The number of benzene rings is 1. The lowest BCUT2D eigenvalue weighted by atomic mass is 9.77. The number of carbonyl (C=O) groups excluding carboxylic acids is 1. The molecule has 0 aromatic heterocycles. The minimum atomic E-state index is -0.240. The van der Waals surface area contributed by atoms with E-state index in [1.807, 2.05) is 6.07 Å². The van der Waals surface area contributed by atoms with E-state index >= 15 is 0 Å². The van der Waals surface area contributed by atoms with Crippen molar-refractivity contribution in [3.8, 4) is 0 Å². The number of anilines is 1. The minimum Gasteiger partial charge on any atom is -0.382 e. The first kappa shape index (κ1) is 11.5. The first-order chi connectivity index (χ1) is 8.74. The predicted molar refractivity (Wildman–Crippen MR) is 69.3 cm³/mol. The fraction of sp³-hybridized carbons (Fsp3) is 0.500. The third kappa shape index (κ3) is 2.08. The van der Waals surface area contributed by atoms with Crippen molar-refractivity contribution in [1.82, 2.24) is 0 Å². The van der Waals surface area contributed by atoms with Gasteiger partial charge in [-0.3, -0.25) is 4.79 Å². The molecule has 0 spiro atoms. The van der Waals surface area contributed by atoms with Gasteiger partial charge in [-0.1, -0.05) is 18.2 Å². The van der Waals surface area contributed by atoms with Crippen LogP contribution in [0.1, 0.15) is 24.3 Å². The number of rotatable bonds is 3. The standard InChI is InChI=1S/C14H18N2O2/c15-14(17)6-10-5-12(9-7-18-8-9)11-3-1-2-4-13(11)16-10/h1-4,9-10,12,16H,5-8H2,(H2,15,17). The maximum absolute atomic E-state index is 11.1. The number of hydrogen-bond donors (Lipinski definition) is 2. The van der Waals surface area contributed by atoms with Gasteiger partial charge < -0.3 is 15.8 Å². The molecule has 4 heteroatoms. The number of amides is 1. The Hall–Kier alpha value is -1.55. The SMILES string of the molecule is NC(=O)CC1CC(C2COC2)c2ccccc2N1. The average molecular weight is 246 g/mol. The maximum Gasteiger partial charge on any atom is 0.219 e. The Bertz CT molecular complexity index is 457. The number of nitrogens with two attached hydrogens (primary N) is 1. The normalized spacial score (nSPS) is 26.9. The van der Waals surface area contributed by atoms with Gasteiger partial charge in [0.25, 0.3) is 0 Å². The Balaban J connectivity index is 1.85. The summed E-state index contributed by atoms with van der Waals surface area (Å²) in [5.41, 5.74) is 7.81. The Kier molecular flexibility index (Phi) is 2.96. The van der Waals surface area contributed by atoms with Gasteiger partial charge in [0.05, 0.1) is 13.2 Å². The van der Waals surface area contributed by atoms with E-state index in [2.05, 4.69) is 23.5 Å². The summed E-state index contributed by atoms with van der Waals surface area (Å²) >= 11 is 0. The summed E-state index contributed by atoms with van der Waals surface area (Å²) in [5.74, 6) is 0.833. The van der Waals surface area contributed by atoms with Gasteiger partial charge in [-0.25, -0.2) is 0 Å². The minimum absolute atomic E-state index is 0.156. The van der Waals surface area contributed by atoms with Crippen LogP contribution in [0.4, 0.5) is 5.69 Å². The van der Waals surface area contributed by atoms with Crippen LogP contribution >= 0.6 is 0 Å². The number of fused-ring (bicyclic) bond motifs is 1. The van der Waals surface area contributed by atoms with E-state index in [1.165, 1.54) is 5.56 Å². The van der Waals surface area contributed by atoms with Gasteiger partial charge in [-0.05, 0) is 24.0 Å².